The van der Waals surface area contributed by atoms with E-state index in [0.29, 0.717) is 11.3 Å². The van der Waals surface area contributed by atoms with E-state index in [9.17, 15) is 0 Å². The van der Waals surface area contributed by atoms with Crippen LogP contribution in [0.5, 0.6) is 0 Å². The lowest BCUT2D eigenvalue weighted by atomic mass is 9.95. The van der Waals surface area contributed by atoms with Crippen LogP contribution in [0.1, 0.15) is 51.8 Å². The summed E-state index contributed by atoms with van der Waals surface area (Å²) < 4.78 is 5.53. The van der Waals surface area contributed by atoms with Gasteiger partial charge in [-0.1, -0.05) is 38.5 Å². The predicted molar refractivity (Wildman–Crippen MR) is 79.5 cm³/mol. The van der Waals surface area contributed by atoms with Crippen LogP contribution in [0.25, 0.3) is 0 Å². The van der Waals surface area contributed by atoms with Crippen molar-refractivity contribution in [2.45, 2.75) is 68.0 Å². The minimum Gasteiger partial charge on any atom is -0.313 e. The molecule has 1 aliphatic rings. The molecule has 2 rings (SSSR count). The van der Waals surface area contributed by atoms with Crippen molar-refractivity contribution in [3.8, 4) is 0 Å². The van der Waals surface area contributed by atoms with Gasteiger partial charge < -0.3 is 5.32 Å². The maximum absolute atomic E-state index is 4.58. The summed E-state index contributed by atoms with van der Waals surface area (Å²) in [6.07, 6.45) is 7.52. The van der Waals surface area contributed by atoms with Gasteiger partial charge in [0, 0.05) is 17.7 Å². The first-order valence-electron chi connectivity index (χ1n) is 7.06. The molecule has 1 fully saturated rings. The van der Waals surface area contributed by atoms with Gasteiger partial charge in [-0.2, -0.15) is 4.37 Å². The van der Waals surface area contributed by atoms with E-state index >= 15 is 0 Å². The predicted octanol–water partition coefficient (Wildman–Crippen LogP) is 3.50. The van der Waals surface area contributed by atoms with Crippen molar-refractivity contribution < 1.29 is 0 Å². The maximum atomic E-state index is 4.58. The standard InChI is InChI=1S/C13H23N3S2/c1-3-9-14-10-7-5-6-8-11(10)17-13-15-12(4-2)16-18-13/h10-11,14H,3-9H2,1-2H3. The Morgan fingerprint density at radius 2 is 2.17 bits per heavy atom. The summed E-state index contributed by atoms with van der Waals surface area (Å²) in [6, 6.07) is 0.665. The van der Waals surface area contributed by atoms with Gasteiger partial charge in [-0.15, -0.1) is 0 Å². The van der Waals surface area contributed by atoms with Gasteiger partial charge in [0.15, 0.2) is 4.34 Å². The van der Waals surface area contributed by atoms with Crippen molar-refractivity contribution in [1.82, 2.24) is 14.7 Å². The minimum atomic E-state index is 0.665. The van der Waals surface area contributed by atoms with Crippen LogP contribution in [-0.4, -0.2) is 27.2 Å². The minimum absolute atomic E-state index is 0.665. The molecule has 1 aromatic heterocycles. The Hall–Kier alpha value is -0.130. The maximum Gasteiger partial charge on any atom is 0.170 e. The van der Waals surface area contributed by atoms with Crippen LogP contribution < -0.4 is 5.32 Å². The molecule has 0 aromatic carbocycles. The molecule has 0 aliphatic heterocycles. The first kappa shape index (κ1) is 14.3. The Bertz CT molecular complexity index is 354. The molecule has 1 aromatic rings. The third-order valence-electron chi connectivity index (χ3n) is 3.38. The van der Waals surface area contributed by atoms with Crippen molar-refractivity contribution in [2.24, 2.45) is 0 Å². The lowest BCUT2D eigenvalue weighted by molar-refractivity contribution is 0.384. The van der Waals surface area contributed by atoms with Crippen LogP contribution in [-0.2, 0) is 6.42 Å². The van der Waals surface area contributed by atoms with E-state index in [0.717, 1.165) is 23.1 Å². The lowest BCUT2D eigenvalue weighted by Crippen LogP contribution is -2.40. The smallest absolute Gasteiger partial charge is 0.170 e. The van der Waals surface area contributed by atoms with E-state index < -0.39 is 0 Å². The second-order valence-corrected chi connectivity index (χ2v) is 7.07. The van der Waals surface area contributed by atoms with Gasteiger partial charge in [-0.3, -0.25) is 0 Å². The first-order chi connectivity index (χ1) is 8.83. The summed E-state index contributed by atoms with van der Waals surface area (Å²) in [5.41, 5.74) is 0. The van der Waals surface area contributed by atoms with E-state index in [4.69, 9.17) is 0 Å². The second-order valence-electron chi connectivity index (χ2n) is 4.83. The van der Waals surface area contributed by atoms with E-state index in [1.165, 1.54) is 32.1 Å². The van der Waals surface area contributed by atoms with Crippen molar-refractivity contribution >= 4 is 23.3 Å². The number of thioether (sulfide) groups is 1. The molecule has 1 N–H and O–H groups in total. The Kier molecular flexibility index (Phi) is 5.92. The highest BCUT2D eigenvalue weighted by Crippen LogP contribution is 2.34. The number of aryl methyl sites for hydroxylation is 1. The Labute approximate surface area is 118 Å². The van der Waals surface area contributed by atoms with Crippen LogP contribution in [0.15, 0.2) is 4.34 Å². The van der Waals surface area contributed by atoms with Gasteiger partial charge in [0.2, 0.25) is 0 Å². The average molecular weight is 285 g/mol. The molecular formula is C13H23N3S2. The van der Waals surface area contributed by atoms with Gasteiger partial charge in [0.1, 0.15) is 5.82 Å². The second kappa shape index (κ2) is 7.46. The van der Waals surface area contributed by atoms with Crippen LogP contribution >= 0.6 is 23.3 Å². The van der Waals surface area contributed by atoms with Gasteiger partial charge in [0.25, 0.3) is 0 Å². The quantitative estimate of drug-likeness (QED) is 0.868. The van der Waals surface area contributed by atoms with Gasteiger partial charge in [-0.05, 0) is 37.3 Å². The van der Waals surface area contributed by atoms with Crippen LogP contribution in [0.2, 0.25) is 0 Å². The molecule has 2 atom stereocenters. The summed E-state index contributed by atoms with van der Waals surface area (Å²) in [7, 11) is 0. The SMILES string of the molecule is CCCNC1CCCCC1Sc1nc(CC)ns1. The molecule has 0 spiro atoms. The molecule has 0 amide bonds. The van der Waals surface area contributed by atoms with E-state index in [1.807, 2.05) is 11.8 Å². The molecule has 102 valence electrons. The summed E-state index contributed by atoms with van der Waals surface area (Å²) in [6.45, 7) is 5.48. The molecule has 2 unspecified atom stereocenters. The first-order valence-corrected chi connectivity index (χ1v) is 8.71. The molecule has 1 aliphatic carbocycles. The van der Waals surface area contributed by atoms with Gasteiger partial charge in [0.05, 0.1) is 0 Å². The normalized spacial score (nSPS) is 24.3. The third-order valence-corrected chi connectivity index (χ3v) is 5.60. The van der Waals surface area contributed by atoms with Crippen LogP contribution in [0.3, 0.4) is 0 Å². The molecule has 0 radical (unpaired) electrons. The average Bonchev–Trinajstić information content (AvgIpc) is 2.85. The zero-order valence-electron chi connectivity index (χ0n) is 11.3. The Morgan fingerprint density at radius 3 is 2.89 bits per heavy atom. The fourth-order valence-electron chi connectivity index (χ4n) is 2.36. The topological polar surface area (TPSA) is 37.8 Å². The highest BCUT2D eigenvalue weighted by atomic mass is 32.2. The fraction of sp³-hybridized carbons (Fsp3) is 0.846. The van der Waals surface area contributed by atoms with Crippen molar-refractivity contribution in [1.29, 1.82) is 0 Å². The van der Waals surface area contributed by atoms with E-state index in [-0.39, 0.29) is 0 Å². The van der Waals surface area contributed by atoms with Crippen molar-refractivity contribution in [2.75, 3.05) is 6.54 Å². The van der Waals surface area contributed by atoms with Gasteiger partial charge in [-0.25, -0.2) is 4.98 Å². The van der Waals surface area contributed by atoms with Crippen molar-refractivity contribution in [3.63, 3.8) is 0 Å². The highest BCUT2D eigenvalue weighted by Gasteiger charge is 2.26. The summed E-state index contributed by atoms with van der Waals surface area (Å²) in [5.74, 6) is 0.997. The number of rotatable bonds is 6. The zero-order chi connectivity index (χ0) is 12.8. The fourth-order valence-corrected chi connectivity index (χ4v) is 4.61. The van der Waals surface area contributed by atoms with Crippen LogP contribution in [0.4, 0.5) is 0 Å². The number of hydrogen-bond donors (Lipinski definition) is 1. The largest absolute Gasteiger partial charge is 0.313 e. The summed E-state index contributed by atoms with van der Waals surface area (Å²) >= 11 is 3.51. The van der Waals surface area contributed by atoms with E-state index in [1.54, 1.807) is 11.5 Å². The molecule has 5 heteroatoms. The monoisotopic (exact) mass is 285 g/mol. The lowest BCUT2D eigenvalue weighted by Gasteiger charge is -2.31. The number of aromatic nitrogens is 2. The molecule has 1 saturated carbocycles. The molecule has 1 heterocycles. The summed E-state index contributed by atoms with van der Waals surface area (Å²) in [5, 5.41) is 4.38. The molecule has 18 heavy (non-hydrogen) atoms. The molecule has 3 nitrogen and oxygen atoms in total. The zero-order valence-corrected chi connectivity index (χ0v) is 12.9. The third kappa shape index (κ3) is 3.93. The Morgan fingerprint density at radius 1 is 1.33 bits per heavy atom. The number of nitrogens with one attached hydrogen (secondary N) is 1. The summed E-state index contributed by atoms with van der Waals surface area (Å²) in [4.78, 5) is 4.58. The molecule has 0 bridgehead atoms. The molecule has 0 saturated heterocycles. The molecular weight excluding hydrogens is 262 g/mol. The van der Waals surface area contributed by atoms with Crippen molar-refractivity contribution in [3.05, 3.63) is 5.82 Å². The Balaban J connectivity index is 1.91. The van der Waals surface area contributed by atoms with E-state index in [2.05, 4.69) is 28.5 Å². The number of nitrogens with zero attached hydrogens (tertiary/aromatic N) is 2. The van der Waals surface area contributed by atoms with Gasteiger partial charge >= 0.3 is 0 Å². The van der Waals surface area contributed by atoms with Crippen LogP contribution in [0, 0.1) is 0 Å². The number of hydrogen-bond acceptors (Lipinski definition) is 5. The highest BCUT2D eigenvalue weighted by molar-refractivity contribution is 8.01.